The van der Waals surface area contributed by atoms with Crippen LogP contribution >= 0.6 is 11.8 Å². The van der Waals surface area contributed by atoms with Crippen LogP contribution in [0.15, 0.2) is 46.1 Å². The first-order valence-electron chi connectivity index (χ1n) is 5.98. The summed E-state index contributed by atoms with van der Waals surface area (Å²) in [6.45, 7) is 0. The first-order valence-corrected chi connectivity index (χ1v) is 7.20. The van der Waals surface area contributed by atoms with Gasteiger partial charge in [-0.05, 0) is 30.5 Å². The van der Waals surface area contributed by atoms with Crippen LogP contribution in [-0.4, -0.2) is 22.3 Å². The largest absolute Gasteiger partial charge is 0.478 e. The van der Waals surface area contributed by atoms with Gasteiger partial charge < -0.3 is 10.1 Å². The third kappa shape index (κ3) is 1.87. The van der Waals surface area contributed by atoms with Gasteiger partial charge >= 0.3 is 5.97 Å². The monoisotopic (exact) mass is 285 g/mol. The first kappa shape index (κ1) is 12.7. The maximum atomic E-state index is 12.5. The quantitative estimate of drug-likeness (QED) is 0.560. The molecule has 0 saturated carbocycles. The summed E-state index contributed by atoms with van der Waals surface area (Å²) in [6, 6.07) is 10.4. The van der Waals surface area contributed by atoms with Crippen LogP contribution in [0.3, 0.4) is 0 Å². The van der Waals surface area contributed by atoms with Gasteiger partial charge in [-0.2, -0.15) is 0 Å². The lowest BCUT2D eigenvalue weighted by Gasteiger charge is -2.07. The van der Waals surface area contributed by atoms with Gasteiger partial charge in [0.2, 0.25) is 0 Å². The second-order valence-electron chi connectivity index (χ2n) is 4.40. The SMILES string of the molecule is CSc1cc2c(=O)c3ccccc3[nH]c2cc1C(=O)O. The number of rotatable bonds is 2. The number of aromatic amines is 1. The molecule has 0 bridgehead atoms. The Bertz CT molecular complexity index is 899. The van der Waals surface area contributed by atoms with Crippen molar-refractivity contribution in [3.05, 3.63) is 52.2 Å². The Morgan fingerprint density at radius 2 is 1.90 bits per heavy atom. The highest BCUT2D eigenvalue weighted by atomic mass is 32.2. The lowest BCUT2D eigenvalue weighted by Crippen LogP contribution is -2.07. The predicted octanol–water partition coefficient (Wildman–Crippen LogP) is 3.10. The fourth-order valence-electron chi connectivity index (χ4n) is 2.29. The van der Waals surface area contributed by atoms with Crippen molar-refractivity contribution < 1.29 is 9.90 Å². The zero-order chi connectivity index (χ0) is 14.3. The Labute approximate surface area is 118 Å². The summed E-state index contributed by atoms with van der Waals surface area (Å²) in [5, 5.41) is 10.4. The molecule has 0 radical (unpaired) electrons. The maximum absolute atomic E-state index is 12.5. The molecule has 1 aromatic heterocycles. The Hall–Kier alpha value is -2.27. The number of fused-ring (bicyclic) bond motifs is 2. The van der Waals surface area contributed by atoms with Gasteiger partial charge in [-0.3, -0.25) is 4.79 Å². The second-order valence-corrected chi connectivity index (χ2v) is 5.25. The molecule has 0 spiro atoms. The van der Waals surface area contributed by atoms with E-state index in [1.807, 2.05) is 12.1 Å². The van der Waals surface area contributed by atoms with E-state index in [1.165, 1.54) is 17.8 Å². The van der Waals surface area contributed by atoms with E-state index >= 15 is 0 Å². The van der Waals surface area contributed by atoms with Crippen molar-refractivity contribution in [2.45, 2.75) is 4.90 Å². The number of hydrogen-bond donors (Lipinski definition) is 2. The fourth-order valence-corrected chi connectivity index (χ4v) is 2.89. The molecule has 3 aromatic rings. The second kappa shape index (κ2) is 4.68. The van der Waals surface area contributed by atoms with Crippen LogP contribution in [0.25, 0.3) is 21.8 Å². The molecule has 100 valence electrons. The Balaban J connectivity index is 2.49. The smallest absolute Gasteiger partial charge is 0.336 e. The van der Waals surface area contributed by atoms with Crippen molar-refractivity contribution in [2.24, 2.45) is 0 Å². The highest BCUT2D eigenvalue weighted by Gasteiger charge is 2.14. The molecule has 0 unspecified atom stereocenters. The van der Waals surface area contributed by atoms with Gasteiger partial charge in [0.1, 0.15) is 0 Å². The molecule has 0 amide bonds. The highest BCUT2D eigenvalue weighted by Crippen LogP contribution is 2.25. The Morgan fingerprint density at radius 3 is 2.60 bits per heavy atom. The summed E-state index contributed by atoms with van der Waals surface area (Å²) in [5.41, 5.74) is 1.37. The molecule has 2 aromatic carbocycles. The van der Waals surface area contributed by atoms with E-state index in [0.717, 1.165) is 0 Å². The van der Waals surface area contributed by atoms with Crippen molar-refractivity contribution in [2.75, 3.05) is 6.26 Å². The standard InChI is InChI=1S/C15H11NO3S/c1-20-13-7-9-12(6-10(13)15(18)19)16-11-5-3-2-4-8(11)14(9)17/h2-7H,1H3,(H,16,17)(H,18,19). The molecule has 0 saturated heterocycles. The van der Waals surface area contributed by atoms with Crippen molar-refractivity contribution in [3.8, 4) is 0 Å². The van der Waals surface area contributed by atoms with Crippen molar-refractivity contribution in [3.63, 3.8) is 0 Å². The highest BCUT2D eigenvalue weighted by molar-refractivity contribution is 7.98. The van der Waals surface area contributed by atoms with Crippen LogP contribution in [0, 0.1) is 0 Å². The zero-order valence-electron chi connectivity index (χ0n) is 10.6. The first-order chi connectivity index (χ1) is 9.61. The minimum absolute atomic E-state index is 0.0819. The topological polar surface area (TPSA) is 70.2 Å². The van der Waals surface area contributed by atoms with Gasteiger partial charge in [-0.1, -0.05) is 12.1 Å². The minimum atomic E-state index is -0.995. The molecular formula is C15H11NO3S. The summed E-state index contributed by atoms with van der Waals surface area (Å²) < 4.78 is 0. The van der Waals surface area contributed by atoms with E-state index < -0.39 is 5.97 Å². The number of carbonyl (C=O) groups is 1. The third-order valence-corrected chi connectivity index (χ3v) is 4.03. The number of nitrogens with one attached hydrogen (secondary N) is 1. The van der Waals surface area contributed by atoms with Gasteiger partial charge in [0.25, 0.3) is 0 Å². The molecule has 20 heavy (non-hydrogen) atoms. The fraction of sp³-hybridized carbons (Fsp3) is 0.0667. The average Bonchev–Trinajstić information content (AvgIpc) is 2.46. The molecule has 1 heterocycles. The zero-order valence-corrected chi connectivity index (χ0v) is 11.5. The average molecular weight is 285 g/mol. The Morgan fingerprint density at radius 1 is 1.15 bits per heavy atom. The molecule has 3 rings (SSSR count). The molecule has 2 N–H and O–H groups in total. The van der Waals surface area contributed by atoms with Crippen LogP contribution in [0.5, 0.6) is 0 Å². The van der Waals surface area contributed by atoms with Crippen LogP contribution in [-0.2, 0) is 0 Å². The van der Waals surface area contributed by atoms with Crippen LogP contribution in [0.1, 0.15) is 10.4 Å². The number of pyridine rings is 1. The van der Waals surface area contributed by atoms with Gasteiger partial charge in [-0.15, -0.1) is 11.8 Å². The number of thioether (sulfide) groups is 1. The molecule has 0 atom stereocenters. The van der Waals surface area contributed by atoms with E-state index in [2.05, 4.69) is 4.98 Å². The van der Waals surface area contributed by atoms with Crippen LogP contribution in [0.2, 0.25) is 0 Å². The van der Waals surface area contributed by atoms with E-state index in [4.69, 9.17) is 0 Å². The molecule has 4 nitrogen and oxygen atoms in total. The number of carboxylic acids is 1. The van der Waals surface area contributed by atoms with E-state index in [1.54, 1.807) is 24.5 Å². The number of hydrogen-bond acceptors (Lipinski definition) is 3. The summed E-state index contributed by atoms with van der Waals surface area (Å²) >= 11 is 1.32. The number of aromatic carboxylic acids is 1. The number of carboxylic acid groups (broad SMARTS) is 1. The van der Waals surface area contributed by atoms with Gasteiger partial charge in [0, 0.05) is 21.2 Å². The molecule has 0 aliphatic rings. The molecule has 5 heteroatoms. The number of H-pyrrole nitrogens is 1. The summed E-state index contributed by atoms with van der Waals surface area (Å²) in [6.07, 6.45) is 1.79. The summed E-state index contributed by atoms with van der Waals surface area (Å²) in [7, 11) is 0. The number of aromatic nitrogens is 1. The number of benzene rings is 2. The predicted molar refractivity (Wildman–Crippen MR) is 80.8 cm³/mol. The van der Waals surface area contributed by atoms with Gasteiger partial charge in [0.05, 0.1) is 11.1 Å². The van der Waals surface area contributed by atoms with Gasteiger partial charge in [-0.25, -0.2) is 4.79 Å². The summed E-state index contributed by atoms with van der Waals surface area (Å²) in [5.74, 6) is -0.995. The van der Waals surface area contributed by atoms with E-state index in [-0.39, 0.29) is 11.0 Å². The van der Waals surface area contributed by atoms with Crippen LogP contribution < -0.4 is 5.43 Å². The van der Waals surface area contributed by atoms with Crippen molar-refractivity contribution in [1.29, 1.82) is 0 Å². The minimum Gasteiger partial charge on any atom is -0.478 e. The molecular weight excluding hydrogens is 274 g/mol. The summed E-state index contributed by atoms with van der Waals surface area (Å²) in [4.78, 5) is 27.4. The lowest BCUT2D eigenvalue weighted by atomic mass is 10.1. The van der Waals surface area contributed by atoms with Crippen LogP contribution in [0.4, 0.5) is 0 Å². The number of para-hydroxylation sites is 1. The molecule has 0 aliphatic carbocycles. The Kier molecular flexibility index (Phi) is 2.99. The third-order valence-electron chi connectivity index (χ3n) is 3.26. The van der Waals surface area contributed by atoms with Crippen molar-refractivity contribution >= 4 is 39.5 Å². The van der Waals surface area contributed by atoms with E-state index in [0.29, 0.717) is 26.7 Å². The van der Waals surface area contributed by atoms with E-state index in [9.17, 15) is 14.7 Å². The maximum Gasteiger partial charge on any atom is 0.336 e. The van der Waals surface area contributed by atoms with Crippen molar-refractivity contribution in [1.82, 2.24) is 4.98 Å². The normalized spacial score (nSPS) is 11.1. The lowest BCUT2D eigenvalue weighted by molar-refractivity contribution is 0.0693. The molecule has 0 aliphatic heterocycles. The van der Waals surface area contributed by atoms with Gasteiger partial charge in [0.15, 0.2) is 5.43 Å². The molecule has 0 fully saturated rings.